The number of imide groups is 1. The second kappa shape index (κ2) is 12.2. The third-order valence-electron chi connectivity index (χ3n) is 5.45. The van der Waals surface area contributed by atoms with Crippen molar-refractivity contribution >= 4 is 69.8 Å². The second-order valence-electron chi connectivity index (χ2n) is 8.15. The van der Waals surface area contributed by atoms with Crippen LogP contribution in [0.15, 0.2) is 65.6 Å². The Bertz CT molecular complexity index is 1450. The molecule has 0 radical (unpaired) electrons. The Morgan fingerprint density at radius 3 is 2.26 bits per heavy atom. The van der Waals surface area contributed by atoms with Gasteiger partial charge in [-0.1, -0.05) is 35.3 Å². The van der Waals surface area contributed by atoms with Gasteiger partial charge in [0.2, 0.25) is 5.91 Å². The monoisotopic (exact) mass is 586 g/mol. The number of nitrogens with zero attached hydrogens (tertiary/aromatic N) is 1. The molecule has 1 aliphatic rings. The third-order valence-corrected chi connectivity index (χ3v) is 6.92. The zero-order chi connectivity index (χ0) is 28.1. The summed E-state index contributed by atoms with van der Waals surface area (Å²) in [5, 5.41) is 11.4. The summed E-state index contributed by atoms with van der Waals surface area (Å²) in [5.74, 6) is -1.35. The van der Waals surface area contributed by atoms with Crippen molar-refractivity contribution in [3.63, 3.8) is 0 Å². The van der Waals surface area contributed by atoms with Gasteiger partial charge in [0.1, 0.15) is 18.9 Å². The van der Waals surface area contributed by atoms with Crippen molar-refractivity contribution < 1.29 is 33.8 Å². The molecular weight excluding hydrogens is 567 g/mol. The van der Waals surface area contributed by atoms with Crippen LogP contribution in [0.25, 0.3) is 6.08 Å². The van der Waals surface area contributed by atoms with E-state index in [1.54, 1.807) is 36.4 Å². The molecule has 0 atom stereocenters. The van der Waals surface area contributed by atoms with Gasteiger partial charge in [0.05, 0.1) is 27.6 Å². The van der Waals surface area contributed by atoms with Crippen molar-refractivity contribution in [1.82, 2.24) is 4.90 Å². The van der Waals surface area contributed by atoms with Gasteiger partial charge in [0, 0.05) is 5.69 Å². The molecular formula is C27H20Cl2N2O7S. The SMILES string of the molecule is COc1ccc(NC(=O)CN2C(=O)S/C(=C/c3cc(Cl)c(OCc4ccc(C(=O)O)cc4)c(Cl)c3)C2=O)cc1. The number of carbonyl (C=O) groups excluding carboxylic acids is 3. The molecule has 3 aromatic rings. The Kier molecular flexibility index (Phi) is 8.80. The first-order chi connectivity index (χ1) is 18.6. The van der Waals surface area contributed by atoms with Crippen LogP contribution in [0, 0.1) is 0 Å². The first kappa shape index (κ1) is 28.0. The molecule has 3 amide bonds. The van der Waals surface area contributed by atoms with Crippen molar-refractivity contribution in [3.8, 4) is 11.5 Å². The van der Waals surface area contributed by atoms with E-state index in [-0.39, 0.29) is 32.9 Å². The molecule has 3 aromatic carbocycles. The molecule has 2 N–H and O–H groups in total. The number of carbonyl (C=O) groups is 4. The number of ether oxygens (including phenoxy) is 2. The van der Waals surface area contributed by atoms with Gasteiger partial charge >= 0.3 is 5.97 Å². The highest BCUT2D eigenvalue weighted by atomic mass is 35.5. The Hall–Kier alpha value is -3.99. The summed E-state index contributed by atoms with van der Waals surface area (Å²) in [6.07, 6.45) is 1.46. The maximum absolute atomic E-state index is 12.8. The quantitative estimate of drug-likeness (QED) is 0.295. The van der Waals surface area contributed by atoms with Gasteiger partial charge in [-0.25, -0.2) is 4.79 Å². The molecule has 0 aromatic heterocycles. The summed E-state index contributed by atoms with van der Waals surface area (Å²) in [6.45, 7) is -0.355. The molecule has 1 fully saturated rings. The Labute approximate surface area is 237 Å². The molecule has 0 aliphatic carbocycles. The predicted octanol–water partition coefficient (Wildman–Crippen LogP) is 5.95. The van der Waals surface area contributed by atoms with E-state index < -0.39 is 29.6 Å². The number of hydrogen-bond acceptors (Lipinski definition) is 7. The van der Waals surface area contributed by atoms with E-state index in [1.165, 1.54) is 37.5 Å². The number of carboxylic acid groups (broad SMARTS) is 1. The highest BCUT2D eigenvalue weighted by Crippen LogP contribution is 2.37. The number of benzene rings is 3. The molecule has 1 saturated heterocycles. The molecule has 200 valence electrons. The van der Waals surface area contributed by atoms with E-state index in [0.717, 1.165) is 4.90 Å². The lowest BCUT2D eigenvalue weighted by atomic mass is 10.1. The van der Waals surface area contributed by atoms with Crippen molar-refractivity contribution in [1.29, 1.82) is 0 Å². The van der Waals surface area contributed by atoms with Gasteiger partial charge in [-0.05, 0) is 77.5 Å². The molecule has 1 heterocycles. The lowest BCUT2D eigenvalue weighted by Crippen LogP contribution is -2.36. The number of rotatable bonds is 9. The standard InChI is InChI=1S/C27H20Cl2N2O7S/c1-37-19-8-6-18(7-9-19)30-23(32)13-31-25(33)22(39-27(31)36)12-16-10-20(28)24(21(29)11-16)38-14-15-2-4-17(5-3-15)26(34)35/h2-12H,13-14H2,1H3,(H,30,32)(H,34,35)/b22-12+. The molecule has 1 aliphatic heterocycles. The number of amides is 3. The molecule has 4 rings (SSSR count). The molecule has 9 nitrogen and oxygen atoms in total. The first-order valence-electron chi connectivity index (χ1n) is 11.3. The van der Waals surface area contributed by atoms with Gasteiger partial charge in [0.25, 0.3) is 11.1 Å². The summed E-state index contributed by atoms with van der Waals surface area (Å²) in [7, 11) is 1.53. The fraction of sp³-hybridized carbons (Fsp3) is 0.111. The lowest BCUT2D eigenvalue weighted by Gasteiger charge is -2.13. The van der Waals surface area contributed by atoms with Gasteiger partial charge in [0.15, 0.2) is 5.75 Å². The Morgan fingerprint density at radius 2 is 1.67 bits per heavy atom. The number of carboxylic acids is 1. The number of hydrogen-bond donors (Lipinski definition) is 2. The molecule has 39 heavy (non-hydrogen) atoms. The van der Waals surface area contributed by atoms with Crippen LogP contribution in [0.4, 0.5) is 10.5 Å². The van der Waals surface area contributed by atoms with E-state index in [4.69, 9.17) is 37.8 Å². The first-order valence-corrected chi connectivity index (χ1v) is 12.8. The van der Waals surface area contributed by atoms with Crippen LogP contribution in [0.5, 0.6) is 11.5 Å². The summed E-state index contributed by atoms with van der Waals surface area (Å²) in [6, 6.07) is 15.8. The normalized spacial score (nSPS) is 14.0. The Morgan fingerprint density at radius 1 is 1.03 bits per heavy atom. The van der Waals surface area contributed by atoms with Gasteiger partial charge in [-0.2, -0.15) is 0 Å². The van der Waals surface area contributed by atoms with Crippen LogP contribution < -0.4 is 14.8 Å². The summed E-state index contributed by atoms with van der Waals surface area (Å²) in [5.41, 5.74) is 1.81. The van der Waals surface area contributed by atoms with Gasteiger partial charge in [-0.15, -0.1) is 0 Å². The van der Waals surface area contributed by atoms with Crippen LogP contribution >= 0.6 is 35.0 Å². The molecule has 0 spiro atoms. The van der Waals surface area contributed by atoms with E-state index in [1.807, 2.05) is 0 Å². The van der Waals surface area contributed by atoms with Gasteiger partial charge in [-0.3, -0.25) is 19.3 Å². The zero-order valence-corrected chi connectivity index (χ0v) is 22.6. The maximum atomic E-state index is 12.8. The number of aromatic carboxylic acids is 1. The predicted molar refractivity (Wildman–Crippen MR) is 148 cm³/mol. The van der Waals surface area contributed by atoms with Crippen LogP contribution in [0.3, 0.4) is 0 Å². The maximum Gasteiger partial charge on any atom is 0.335 e. The van der Waals surface area contributed by atoms with Crippen LogP contribution in [0.1, 0.15) is 21.5 Å². The number of thioether (sulfide) groups is 1. The fourth-order valence-corrected chi connectivity index (χ4v) is 4.96. The van der Waals surface area contributed by atoms with Crippen LogP contribution in [0.2, 0.25) is 10.0 Å². The number of halogens is 2. The summed E-state index contributed by atoms with van der Waals surface area (Å²) < 4.78 is 10.8. The number of anilines is 1. The van der Waals surface area contributed by atoms with E-state index >= 15 is 0 Å². The number of nitrogens with one attached hydrogen (secondary N) is 1. The molecule has 0 saturated carbocycles. The summed E-state index contributed by atoms with van der Waals surface area (Å²) >= 11 is 13.4. The molecule has 12 heteroatoms. The van der Waals surface area contributed by atoms with Crippen LogP contribution in [-0.4, -0.2) is 46.7 Å². The van der Waals surface area contributed by atoms with Crippen molar-refractivity contribution in [2.75, 3.05) is 19.0 Å². The molecule has 0 bridgehead atoms. The fourth-order valence-electron chi connectivity index (χ4n) is 3.51. The van der Waals surface area contributed by atoms with E-state index in [9.17, 15) is 19.2 Å². The average molecular weight is 587 g/mol. The van der Waals surface area contributed by atoms with Crippen molar-refractivity contribution in [2.45, 2.75) is 6.61 Å². The molecule has 0 unspecified atom stereocenters. The minimum atomic E-state index is -1.03. The minimum Gasteiger partial charge on any atom is -0.497 e. The van der Waals surface area contributed by atoms with Crippen molar-refractivity contribution in [2.24, 2.45) is 0 Å². The minimum absolute atomic E-state index is 0.0934. The van der Waals surface area contributed by atoms with E-state index in [0.29, 0.717) is 34.3 Å². The largest absolute Gasteiger partial charge is 0.497 e. The highest BCUT2D eigenvalue weighted by Gasteiger charge is 2.36. The smallest absolute Gasteiger partial charge is 0.335 e. The Balaban J connectivity index is 1.41. The second-order valence-corrected chi connectivity index (χ2v) is 9.96. The average Bonchev–Trinajstić information content (AvgIpc) is 3.16. The topological polar surface area (TPSA) is 122 Å². The van der Waals surface area contributed by atoms with Crippen molar-refractivity contribution in [3.05, 3.63) is 92.3 Å². The lowest BCUT2D eigenvalue weighted by molar-refractivity contribution is -0.127. The number of methoxy groups -OCH3 is 1. The van der Waals surface area contributed by atoms with Gasteiger partial charge < -0.3 is 19.9 Å². The highest BCUT2D eigenvalue weighted by molar-refractivity contribution is 8.18. The van der Waals surface area contributed by atoms with E-state index in [2.05, 4.69) is 5.32 Å². The van der Waals surface area contributed by atoms with Crippen LogP contribution in [-0.2, 0) is 16.2 Å². The third kappa shape index (κ3) is 6.91. The zero-order valence-electron chi connectivity index (χ0n) is 20.3. The summed E-state index contributed by atoms with van der Waals surface area (Å²) in [4.78, 5) is 49.7.